The van der Waals surface area contributed by atoms with Crippen molar-refractivity contribution in [2.75, 3.05) is 0 Å². The van der Waals surface area contributed by atoms with Crippen molar-refractivity contribution in [1.29, 1.82) is 0 Å². The number of rotatable bonds is 0. The van der Waals surface area contributed by atoms with Crippen LogP contribution in [-0.4, -0.2) is 5.78 Å². The Morgan fingerprint density at radius 2 is 2.27 bits per heavy atom. The molecule has 56 valence electrons. The molecule has 2 aliphatic rings. The average Bonchev–Trinajstić information content (AvgIpc) is 2.04. The predicted octanol–water partition coefficient (Wildman–Crippen LogP) is 2.02. The Hall–Kier alpha value is -1.11. The van der Waals surface area contributed by atoms with E-state index < -0.39 is 0 Å². The fourth-order valence-electron chi connectivity index (χ4n) is 1.59. The van der Waals surface area contributed by atoms with Gasteiger partial charge in [0, 0.05) is 6.42 Å². The van der Waals surface area contributed by atoms with Gasteiger partial charge in [-0.1, -0.05) is 24.3 Å². The molecule has 1 nitrogen and oxygen atoms in total. The number of fused-ring (bicyclic) bond motifs is 1. The maximum atomic E-state index is 11.0. The fourth-order valence-corrected chi connectivity index (χ4v) is 1.59. The molecule has 0 aliphatic heterocycles. The van der Waals surface area contributed by atoms with Gasteiger partial charge in [0.2, 0.25) is 0 Å². The predicted molar refractivity (Wildman–Crippen MR) is 44.1 cm³/mol. The van der Waals surface area contributed by atoms with Crippen LogP contribution in [0.3, 0.4) is 0 Å². The van der Waals surface area contributed by atoms with E-state index in [1.54, 1.807) is 6.08 Å². The zero-order valence-electron chi connectivity index (χ0n) is 6.29. The summed E-state index contributed by atoms with van der Waals surface area (Å²) in [6.07, 6.45) is 11.6. The standard InChI is InChI=1S/C10H10O/c11-10-6-5-8-3-1-2-4-9(8)7-10/h1-3,5-6,9H,4,7H2. The van der Waals surface area contributed by atoms with Crippen molar-refractivity contribution >= 4 is 5.78 Å². The second-order valence-electron chi connectivity index (χ2n) is 3.03. The molecule has 2 aliphatic carbocycles. The highest BCUT2D eigenvalue weighted by Gasteiger charge is 2.19. The molecule has 1 heteroatoms. The molecule has 0 radical (unpaired) electrons. The summed E-state index contributed by atoms with van der Waals surface area (Å²) in [5.41, 5.74) is 1.31. The number of hydrogen-bond acceptors (Lipinski definition) is 1. The zero-order valence-corrected chi connectivity index (χ0v) is 6.29. The summed E-state index contributed by atoms with van der Waals surface area (Å²) in [4.78, 5) is 11.0. The third-order valence-corrected chi connectivity index (χ3v) is 2.23. The molecule has 1 unspecified atom stereocenters. The van der Waals surface area contributed by atoms with E-state index in [1.807, 2.05) is 6.08 Å². The van der Waals surface area contributed by atoms with Crippen molar-refractivity contribution in [3.05, 3.63) is 36.0 Å². The van der Waals surface area contributed by atoms with Gasteiger partial charge < -0.3 is 0 Å². The molecule has 11 heavy (non-hydrogen) atoms. The van der Waals surface area contributed by atoms with Crippen molar-refractivity contribution in [1.82, 2.24) is 0 Å². The second kappa shape index (κ2) is 2.50. The molecule has 0 heterocycles. The van der Waals surface area contributed by atoms with E-state index in [-0.39, 0.29) is 5.78 Å². The van der Waals surface area contributed by atoms with Gasteiger partial charge in [-0.15, -0.1) is 0 Å². The summed E-state index contributed by atoms with van der Waals surface area (Å²) in [7, 11) is 0. The lowest BCUT2D eigenvalue weighted by Gasteiger charge is -2.20. The first kappa shape index (κ1) is 6.59. The summed E-state index contributed by atoms with van der Waals surface area (Å²) >= 11 is 0. The lowest BCUT2D eigenvalue weighted by molar-refractivity contribution is -0.115. The van der Waals surface area contributed by atoms with E-state index in [1.165, 1.54) is 5.57 Å². The Kier molecular flexibility index (Phi) is 1.50. The normalized spacial score (nSPS) is 28.2. The average molecular weight is 146 g/mol. The molecule has 0 N–H and O–H groups in total. The molecule has 0 spiro atoms. The van der Waals surface area contributed by atoms with Crippen LogP contribution >= 0.6 is 0 Å². The molecule has 0 fully saturated rings. The Morgan fingerprint density at radius 3 is 3.18 bits per heavy atom. The number of ketones is 1. The van der Waals surface area contributed by atoms with Crippen molar-refractivity contribution < 1.29 is 4.79 Å². The number of carbonyl (C=O) groups excluding carboxylic acids is 1. The van der Waals surface area contributed by atoms with Crippen LogP contribution < -0.4 is 0 Å². The van der Waals surface area contributed by atoms with E-state index in [2.05, 4.69) is 18.2 Å². The lowest BCUT2D eigenvalue weighted by atomic mass is 9.83. The highest BCUT2D eigenvalue weighted by molar-refractivity contribution is 5.92. The first-order valence-corrected chi connectivity index (χ1v) is 3.94. The molecular weight excluding hydrogens is 136 g/mol. The molecule has 0 saturated heterocycles. The van der Waals surface area contributed by atoms with Crippen molar-refractivity contribution in [2.24, 2.45) is 5.92 Å². The third-order valence-electron chi connectivity index (χ3n) is 2.23. The molecule has 2 rings (SSSR count). The Morgan fingerprint density at radius 1 is 1.36 bits per heavy atom. The van der Waals surface area contributed by atoms with Crippen molar-refractivity contribution in [2.45, 2.75) is 12.8 Å². The van der Waals surface area contributed by atoms with Crippen LogP contribution in [0.1, 0.15) is 12.8 Å². The summed E-state index contributed by atoms with van der Waals surface area (Å²) < 4.78 is 0. The largest absolute Gasteiger partial charge is 0.295 e. The van der Waals surface area contributed by atoms with Crippen LogP contribution in [0.4, 0.5) is 0 Å². The number of carbonyl (C=O) groups is 1. The molecule has 0 aromatic heterocycles. The molecule has 0 amide bonds. The highest BCUT2D eigenvalue weighted by atomic mass is 16.1. The summed E-state index contributed by atoms with van der Waals surface area (Å²) in [5, 5.41) is 0. The van der Waals surface area contributed by atoms with Crippen LogP contribution in [0.25, 0.3) is 0 Å². The van der Waals surface area contributed by atoms with Gasteiger partial charge in [0.25, 0.3) is 0 Å². The molecule has 1 atom stereocenters. The summed E-state index contributed by atoms with van der Waals surface area (Å²) in [5.74, 6) is 0.736. The smallest absolute Gasteiger partial charge is 0.156 e. The first-order chi connectivity index (χ1) is 5.36. The van der Waals surface area contributed by atoms with Gasteiger partial charge in [-0.25, -0.2) is 0 Å². The van der Waals surface area contributed by atoms with Gasteiger partial charge in [0.15, 0.2) is 5.78 Å². The summed E-state index contributed by atoms with van der Waals surface area (Å²) in [6, 6.07) is 0. The zero-order chi connectivity index (χ0) is 7.68. The number of allylic oxidation sites excluding steroid dienone is 6. The Labute approximate surface area is 66.1 Å². The Balaban J connectivity index is 2.31. The van der Waals surface area contributed by atoms with E-state index in [9.17, 15) is 4.79 Å². The molecule has 0 aromatic rings. The van der Waals surface area contributed by atoms with Gasteiger partial charge in [0.05, 0.1) is 0 Å². The molecule has 0 bridgehead atoms. The Bertz CT molecular complexity index is 269. The molecule has 0 saturated carbocycles. The van der Waals surface area contributed by atoms with Crippen LogP contribution in [0.15, 0.2) is 36.0 Å². The quantitative estimate of drug-likeness (QED) is 0.511. The van der Waals surface area contributed by atoms with Crippen LogP contribution in [0, 0.1) is 5.92 Å². The fraction of sp³-hybridized carbons (Fsp3) is 0.300. The van der Waals surface area contributed by atoms with Gasteiger partial charge >= 0.3 is 0 Å². The van der Waals surface area contributed by atoms with Gasteiger partial charge in [-0.2, -0.15) is 0 Å². The first-order valence-electron chi connectivity index (χ1n) is 3.94. The van der Waals surface area contributed by atoms with Crippen LogP contribution in [0.5, 0.6) is 0 Å². The van der Waals surface area contributed by atoms with Gasteiger partial charge in [-0.3, -0.25) is 4.79 Å². The van der Waals surface area contributed by atoms with Crippen molar-refractivity contribution in [3.63, 3.8) is 0 Å². The van der Waals surface area contributed by atoms with Crippen LogP contribution in [0.2, 0.25) is 0 Å². The minimum atomic E-state index is 0.266. The summed E-state index contributed by atoms with van der Waals surface area (Å²) in [6.45, 7) is 0. The number of hydrogen-bond donors (Lipinski definition) is 0. The maximum Gasteiger partial charge on any atom is 0.156 e. The van der Waals surface area contributed by atoms with E-state index in [0.717, 1.165) is 6.42 Å². The second-order valence-corrected chi connectivity index (χ2v) is 3.03. The minimum Gasteiger partial charge on any atom is -0.295 e. The van der Waals surface area contributed by atoms with Gasteiger partial charge in [0.1, 0.15) is 0 Å². The lowest BCUT2D eigenvalue weighted by Crippen LogP contribution is -2.13. The van der Waals surface area contributed by atoms with E-state index in [4.69, 9.17) is 0 Å². The topological polar surface area (TPSA) is 17.1 Å². The monoisotopic (exact) mass is 146 g/mol. The van der Waals surface area contributed by atoms with Crippen LogP contribution in [-0.2, 0) is 4.79 Å². The van der Waals surface area contributed by atoms with E-state index in [0.29, 0.717) is 12.3 Å². The highest BCUT2D eigenvalue weighted by Crippen LogP contribution is 2.28. The SMILES string of the molecule is O=C1C=CC2=CC=CCC2C1. The molecular formula is C10H10O. The maximum absolute atomic E-state index is 11.0. The van der Waals surface area contributed by atoms with Crippen molar-refractivity contribution in [3.8, 4) is 0 Å². The minimum absolute atomic E-state index is 0.266. The van der Waals surface area contributed by atoms with Gasteiger partial charge in [-0.05, 0) is 24.0 Å². The van der Waals surface area contributed by atoms with E-state index >= 15 is 0 Å². The third kappa shape index (κ3) is 1.18. The molecule has 0 aromatic carbocycles.